The van der Waals surface area contributed by atoms with Crippen molar-refractivity contribution in [3.63, 3.8) is 0 Å². The summed E-state index contributed by atoms with van der Waals surface area (Å²) in [5.41, 5.74) is -1.31. The second-order valence-corrected chi connectivity index (χ2v) is 3.09. The van der Waals surface area contributed by atoms with E-state index in [9.17, 15) is 13.2 Å². The molecule has 1 rings (SSSR count). The first-order valence-corrected chi connectivity index (χ1v) is 4.15. The van der Waals surface area contributed by atoms with Gasteiger partial charge in [0.05, 0.1) is 17.2 Å². The number of nitrogens with zero attached hydrogens (tertiary/aromatic N) is 1. The molecular formula is C9H7BF3NO. The fourth-order valence-electron chi connectivity index (χ4n) is 1.15. The van der Waals surface area contributed by atoms with Crippen LogP contribution in [0.25, 0.3) is 0 Å². The molecule has 0 aliphatic heterocycles. The molecule has 2 nitrogen and oxygen atoms in total. The maximum Gasteiger partial charge on any atom is 0.417 e. The van der Waals surface area contributed by atoms with Crippen LogP contribution >= 0.6 is 0 Å². The van der Waals surface area contributed by atoms with Gasteiger partial charge < -0.3 is 5.02 Å². The number of halogens is 3. The van der Waals surface area contributed by atoms with E-state index >= 15 is 0 Å². The molecule has 0 atom stereocenters. The number of hydrogen-bond acceptors (Lipinski definition) is 2. The molecule has 1 N–H and O–H groups in total. The molecule has 0 saturated carbocycles. The van der Waals surface area contributed by atoms with Gasteiger partial charge in [0.25, 0.3) is 0 Å². The lowest BCUT2D eigenvalue weighted by molar-refractivity contribution is -0.137. The van der Waals surface area contributed by atoms with Crippen molar-refractivity contribution in [3.05, 3.63) is 29.3 Å². The first-order chi connectivity index (χ1) is 6.86. The smallest absolute Gasteiger partial charge is 0.417 e. The van der Waals surface area contributed by atoms with Crippen LogP contribution in [0, 0.1) is 11.3 Å². The lowest BCUT2D eigenvalue weighted by Crippen LogP contribution is -2.27. The molecular weight excluding hydrogens is 206 g/mol. The van der Waals surface area contributed by atoms with Gasteiger partial charge in [-0.1, -0.05) is 19.0 Å². The largest absolute Gasteiger partial charge is 0.447 e. The summed E-state index contributed by atoms with van der Waals surface area (Å²) in [7, 11) is 0. The molecule has 0 unspecified atom stereocenters. The van der Waals surface area contributed by atoms with Gasteiger partial charge >= 0.3 is 13.1 Å². The Morgan fingerprint density at radius 3 is 2.40 bits per heavy atom. The molecule has 0 aliphatic rings. The first kappa shape index (κ1) is 11.6. The van der Waals surface area contributed by atoms with E-state index in [2.05, 4.69) is 0 Å². The van der Waals surface area contributed by atoms with Crippen molar-refractivity contribution in [2.24, 2.45) is 0 Å². The van der Waals surface area contributed by atoms with Gasteiger partial charge in [-0.05, 0) is 11.5 Å². The molecule has 1 aromatic carbocycles. The molecule has 15 heavy (non-hydrogen) atoms. The second-order valence-electron chi connectivity index (χ2n) is 3.09. The van der Waals surface area contributed by atoms with Crippen LogP contribution in [-0.2, 0) is 6.18 Å². The average molecular weight is 213 g/mol. The molecule has 0 spiro atoms. The Kier molecular flexibility index (Phi) is 3.05. The first-order valence-electron chi connectivity index (χ1n) is 4.15. The van der Waals surface area contributed by atoms with Crippen LogP contribution in [0.15, 0.2) is 18.2 Å². The van der Waals surface area contributed by atoms with Crippen molar-refractivity contribution in [1.82, 2.24) is 0 Å². The third-order valence-corrected chi connectivity index (χ3v) is 1.95. The zero-order chi connectivity index (χ0) is 11.6. The molecule has 0 saturated heterocycles. The van der Waals surface area contributed by atoms with Gasteiger partial charge in [0, 0.05) is 0 Å². The van der Waals surface area contributed by atoms with E-state index in [1.165, 1.54) is 19.0 Å². The summed E-state index contributed by atoms with van der Waals surface area (Å²) in [6, 6.07) is 4.63. The van der Waals surface area contributed by atoms with E-state index < -0.39 is 24.2 Å². The average Bonchev–Trinajstić information content (AvgIpc) is 2.15. The Balaban J connectivity index is 3.34. The van der Waals surface area contributed by atoms with Crippen molar-refractivity contribution in [1.29, 1.82) is 5.26 Å². The highest BCUT2D eigenvalue weighted by atomic mass is 19.4. The second kappa shape index (κ2) is 3.95. The van der Waals surface area contributed by atoms with Gasteiger partial charge in [-0.25, -0.2) is 0 Å². The van der Waals surface area contributed by atoms with Crippen molar-refractivity contribution in [2.45, 2.75) is 13.0 Å². The van der Waals surface area contributed by atoms with Crippen LogP contribution in [0.1, 0.15) is 11.1 Å². The number of alkyl halides is 3. The SMILES string of the molecule is CB(O)c1ccc(C#N)c(C(F)(F)F)c1. The van der Waals surface area contributed by atoms with E-state index in [1.807, 2.05) is 0 Å². The molecule has 0 radical (unpaired) electrons. The minimum atomic E-state index is -4.57. The number of nitriles is 1. The standard InChI is InChI=1S/C9H7BF3NO/c1-10(15)7-3-2-6(5-14)8(4-7)9(11,12)13/h2-4,15H,1H3. The molecule has 0 bridgehead atoms. The molecule has 6 heteroatoms. The molecule has 0 heterocycles. The molecule has 0 fully saturated rings. The normalized spacial score (nSPS) is 10.9. The number of rotatable bonds is 1. The zero-order valence-electron chi connectivity index (χ0n) is 7.84. The highest BCUT2D eigenvalue weighted by molar-refractivity contribution is 6.64. The van der Waals surface area contributed by atoms with Gasteiger partial charge in [-0.3, -0.25) is 0 Å². The van der Waals surface area contributed by atoms with Crippen LogP contribution in [-0.4, -0.2) is 11.9 Å². The van der Waals surface area contributed by atoms with Gasteiger partial charge in [-0.2, -0.15) is 18.4 Å². The minimum absolute atomic E-state index is 0.140. The van der Waals surface area contributed by atoms with Crippen LogP contribution in [0.3, 0.4) is 0 Å². The molecule has 78 valence electrons. The molecule has 0 aliphatic carbocycles. The van der Waals surface area contributed by atoms with Crippen LogP contribution in [0.5, 0.6) is 0 Å². The van der Waals surface area contributed by atoms with Crippen LogP contribution < -0.4 is 5.46 Å². The van der Waals surface area contributed by atoms with E-state index in [0.717, 1.165) is 12.1 Å². The highest BCUT2D eigenvalue weighted by Gasteiger charge is 2.34. The lowest BCUT2D eigenvalue weighted by Gasteiger charge is -2.10. The summed E-state index contributed by atoms with van der Waals surface area (Å²) in [5, 5.41) is 17.6. The minimum Gasteiger partial charge on any atom is -0.447 e. The highest BCUT2D eigenvalue weighted by Crippen LogP contribution is 2.30. The van der Waals surface area contributed by atoms with Crippen molar-refractivity contribution >= 4 is 12.4 Å². The summed E-state index contributed by atoms with van der Waals surface area (Å²) in [6.07, 6.45) is -4.57. The summed E-state index contributed by atoms with van der Waals surface area (Å²) < 4.78 is 37.3. The summed E-state index contributed by atoms with van der Waals surface area (Å²) in [4.78, 5) is 0. The summed E-state index contributed by atoms with van der Waals surface area (Å²) in [5.74, 6) is 0. The third kappa shape index (κ3) is 2.51. The van der Waals surface area contributed by atoms with E-state index in [4.69, 9.17) is 10.3 Å². The van der Waals surface area contributed by atoms with Crippen molar-refractivity contribution < 1.29 is 18.2 Å². The van der Waals surface area contributed by atoms with Crippen LogP contribution in [0.2, 0.25) is 6.82 Å². The van der Waals surface area contributed by atoms with E-state index in [0.29, 0.717) is 0 Å². The maximum atomic E-state index is 12.4. The van der Waals surface area contributed by atoms with E-state index in [-0.39, 0.29) is 5.46 Å². The lowest BCUT2D eigenvalue weighted by atomic mass is 9.64. The number of benzene rings is 1. The Morgan fingerprint density at radius 1 is 1.40 bits per heavy atom. The predicted molar refractivity (Wildman–Crippen MR) is 49.6 cm³/mol. The number of hydrogen-bond donors (Lipinski definition) is 1. The molecule has 1 aromatic rings. The van der Waals surface area contributed by atoms with Gasteiger partial charge in [-0.15, -0.1) is 0 Å². The topological polar surface area (TPSA) is 44.0 Å². The van der Waals surface area contributed by atoms with Gasteiger partial charge in [0.1, 0.15) is 0 Å². The Labute approximate surface area is 85.1 Å². The van der Waals surface area contributed by atoms with Crippen molar-refractivity contribution in [2.75, 3.05) is 0 Å². The third-order valence-electron chi connectivity index (χ3n) is 1.95. The fraction of sp³-hybridized carbons (Fsp3) is 0.222. The Morgan fingerprint density at radius 2 is 2.00 bits per heavy atom. The van der Waals surface area contributed by atoms with Gasteiger partial charge in [0.2, 0.25) is 0 Å². The quantitative estimate of drug-likeness (QED) is 0.716. The Hall–Kier alpha value is -1.48. The summed E-state index contributed by atoms with van der Waals surface area (Å²) >= 11 is 0. The van der Waals surface area contributed by atoms with Crippen molar-refractivity contribution in [3.8, 4) is 6.07 Å². The van der Waals surface area contributed by atoms with E-state index in [1.54, 1.807) is 0 Å². The molecule has 0 amide bonds. The zero-order valence-corrected chi connectivity index (χ0v) is 7.84. The van der Waals surface area contributed by atoms with Crippen LogP contribution in [0.4, 0.5) is 13.2 Å². The fourth-order valence-corrected chi connectivity index (χ4v) is 1.15. The molecule has 0 aromatic heterocycles. The summed E-state index contributed by atoms with van der Waals surface area (Å²) in [6.45, 7) is 0.375. The monoisotopic (exact) mass is 213 g/mol. The van der Waals surface area contributed by atoms with Gasteiger partial charge in [0.15, 0.2) is 0 Å². The Bertz CT molecular complexity index is 409. The maximum absolute atomic E-state index is 12.4. The predicted octanol–water partition coefficient (Wildman–Crippen LogP) is 1.40.